The molecule has 0 saturated carbocycles. The van der Waals surface area contributed by atoms with Gasteiger partial charge in [-0.05, 0) is 20.4 Å². The van der Waals surface area contributed by atoms with Gasteiger partial charge in [-0.1, -0.05) is 0 Å². The van der Waals surface area contributed by atoms with Crippen molar-refractivity contribution in [2.75, 3.05) is 25.6 Å². The van der Waals surface area contributed by atoms with Gasteiger partial charge in [0, 0.05) is 35.4 Å². The van der Waals surface area contributed by atoms with E-state index in [1.807, 2.05) is 11.8 Å². The fraction of sp³-hybridized carbons (Fsp3) is 0.889. The minimum absolute atomic E-state index is 0.0391. The molecule has 0 aliphatic carbocycles. The number of amides is 1. The minimum atomic E-state index is -0.834. The van der Waals surface area contributed by atoms with E-state index < -0.39 is 10.8 Å². The summed E-state index contributed by atoms with van der Waals surface area (Å²) in [6, 6.07) is 0.0504. The van der Waals surface area contributed by atoms with E-state index in [2.05, 4.69) is 5.32 Å². The summed E-state index contributed by atoms with van der Waals surface area (Å²) >= 11 is 0. The lowest BCUT2D eigenvalue weighted by Crippen LogP contribution is -2.42. The van der Waals surface area contributed by atoms with E-state index in [0.717, 1.165) is 13.0 Å². The van der Waals surface area contributed by atoms with Gasteiger partial charge in [0.1, 0.15) is 0 Å². The largest absolute Gasteiger partial charge is 0.338 e. The number of hydrogen-bond donors (Lipinski definition) is 1. The van der Waals surface area contributed by atoms with Gasteiger partial charge in [0.05, 0.1) is 6.04 Å². The molecule has 3 unspecified atom stereocenters. The molecule has 1 heterocycles. The topological polar surface area (TPSA) is 49.4 Å². The number of nitrogens with one attached hydrogen (secondary N) is 1. The lowest BCUT2D eigenvalue weighted by molar-refractivity contribution is -0.130. The zero-order valence-corrected chi connectivity index (χ0v) is 9.76. The Labute approximate surface area is 87.5 Å². The molecular formula is C9H18N2O2S. The molecule has 0 spiro atoms. The van der Waals surface area contributed by atoms with Crippen molar-refractivity contribution in [2.45, 2.75) is 25.4 Å². The van der Waals surface area contributed by atoms with E-state index in [9.17, 15) is 9.00 Å². The van der Waals surface area contributed by atoms with Gasteiger partial charge >= 0.3 is 0 Å². The number of nitrogens with zero attached hydrogens (tertiary/aromatic N) is 1. The SMILES string of the molecule is CNC1CCN(C(C)CS(C)=O)C1=O. The minimum Gasteiger partial charge on any atom is -0.338 e. The first-order chi connectivity index (χ1) is 6.56. The maximum absolute atomic E-state index is 11.7. The van der Waals surface area contributed by atoms with Gasteiger partial charge in [0.2, 0.25) is 5.91 Å². The molecule has 1 aliphatic heterocycles. The summed E-state index contributed by atoms with van der Waals surface area (Å²) in [5.74, 6) is 0.716. The molecule has 1 saturated heterocycles. The van der Waals surface area contributed by atoms with Gasteiger partial charge in [-0.25, -0.2) is 0 Å². The first-order valence-electron chi connectivity index (χ1n) is 4.84. The summed E-state index contributed by atoms with van der Waals surface area (Å²) < 4.78 is 11.0. The van der Waals surface area contributed by atoms with Crippen LogP contribution in [0.1, 0.15) is 13.3 Å². The molecule has 0 aromatic rings. The van der Waals surface area contributed by atoms with E-state index in [0.29, 0.717) is 5.75 Å². The van der Waals surface area contributed by atoms with Crippen molar-refractivity contribution in [1.29, 1.82) is 0 Å². The van der Waals surface area contributed by atoms with Crippen LogP contribution < -0.4 is 5.32 Å². The highest BCUT2D eigenvalue weighted by molar-refractivity contribution is 7.84. The lowest BCUT2D eigenvalue weighted by Gasteiger charge is -2.23. The van der Waals surface area contributed by atoms with Crippen LogP contribution >= 0.6 is 0 Å². The standard InChI is InChI=1S/C9H18N2O2S/c1-7(6-14(3)13)11-5-4-8(10-2)9(11)12/h7-8,10H,4-6H2,1-3H3. The Kier molecular flexibility index (Phi) is 4.07. The highest BCUT2D eigenvalue weighted by Crippen LogP contribution is 2.14. The Morgan fingerprint density at radius 3 is 2.79 bits per heavy atom. The van der Waals surface area contributed by atoms with Crippen molar-refractivity contribution >= 4 is 16.7 Å². The molecule has 4 nitrogen and oxygen atoms in total. The van der Waals surface area contributed by atoms with Crippen LogP contribution in [0.15, 0.2) is 0 Å². The predicted octanol–water partition coefficient (Wildman–Crippen LogP) is -0.426. The number of carbonyl (C=O) groups excluding carboxylic acids is 1. The summed E-state index contributed by atoms with van der Waals surface area (Å²) in [6.07, 6.45) is 2.53. The Balaban J connectivity index is 2.54. The number of rotatable bonds is 4. The molecule has 1 fully saturated rings. The fourth-order valence-corrected chi connectivity index (χ4v) is 2.70. The summed E-state index contributed by atoms with van der Waals surface area (Å²) in [5.41, 5.74) is 0. The molecule has 1 amide bonds. The summed E-state index contributed by atoms with van der Waals surface area (Å²) in [7, 11) is 0.966. The lowest BCUT2D eigenvalue weighted by atomic mass is 10.2. The number of carbonyl (C=O) groups is 1. The van der Waals surface area contributed by atoms with Gasteiger partial charge in [-0.3, -0.25) is 9.00 Å². The normalized spacial score (nSPS) is 26.6. The van der Waals surface area contributed by atoms with Gasteiger partial charge < -0.3 is 10.2 Å². The third-order valence-corrected chi connectivity index (χ3v) is 3.55. The zero-order valence-electron chi connectivity index (χ0n) is 8.95. The molecule has 1 rings (SSSR count). The molecule has 14 heavy (non-hydrogen) atoms. The quantitative estimate of drug-likeness (QED) is 0.697. The molecular weight excluding hydrogens is 200 g/mol. The number of hydrogen-bond acceptors (Lipinski definition) is 3. The van der Waals surface area contributed by atoms with Crippen LogP contribution in [0.25, 0.3) is 0 Å². The monoisotopic (exact) mass is 218 g/mol. The zero-order chi connectivity index (χ0) is 10.7. The average molecular weight is 218 g/mol. The van der Waals surface area contributed by atoms with Crippen molar-refractivity contribution < 1.29 is 9.00 Å². The first kappa shape index (κ1) is 11.7. The van der Waals surface area contributed by atoms with E-state index in [1.165, 1.54) is 0 Å². The summed E-state index contributed by atoms with van der Waals surface area (Å²) in [5, 5.41) is 2.98. The third-order valence-electron chi connectivity index (χ3n) is 2.60. The Morgan fingerprint density at radius 2 is 2.36 bits per heavy atom. The van der Waals surface area contributed by atoms with Crippen molar-refractivity contribution in [3.05, 3.63) is 0 Å². The number of likely N-dealkylation sites (N-methyl/N-ethyl adjacent to an activating group) is 1. The highest BCUT2D eigenvalue weighted by atomic mass is 32.2. The van der Waals surface area contributed by atoms with Crippen LogP contribution in [0.5, 0.6) is 0 Å². The molecule has 0 bridgehead atoms. The predicted molar refractivity (Wildman–Crippen MR) is 57.6 cm³/mol. The summed E-state index contributed by atoms with van der Waals surface area (Å²) in [6.45, 7) is 2.74. The van der Waals surface area contributed by atoms with Gasteiger partial charge in [0.25, 0.3) is 0 Å². The molecule has 0 aromatic heterocycles. The summed E-state index contributed by atoms with van der Waals surface area (Å²) in [4.78, 5) is 13.5. The second kappa shape index (κ2) is 4.89. The van der Waals surface area contributed by atoms with E-state index in [4.69, 9.17) is 0 Å². The highest BCUT2D eigenvalue weighted by Gasteiger charge is 2.33. The number of likely N-dealkylation sites (tertiary alicyclic amines) is 1. The van der Waals surface area contributed by atoms with E-state index in [-0.39, 0.29) is 18.0 Å². The maximum atomic E-state index is 11.7. The Hall–Kier alpha value is -0.420. The van der Waals surface area contributed by atoms with Crippen molar-refractivity contribution in [3.8, 4) is 0 Å². The molecule has 1 N–H and O–H groups in total. The Bertz CT molecular complexity index is 245. The molecule has 3 atom stereocenters. The van der Waals surface area contributed by atoms with Crippen molar-refractivity contribution in [3.63, 3.8) is 0 Å². The molecule has 0 aromatic carbocycles. The van der Waals surface area contributed by atoms with Crippen LogP contribution in [0, 0.1) is 0 Å². The van der Waals surface area contributed by atoms with Crippen LogP contribution in [0.4, 0.5) is 0 Å². The van der Waals surface area contributed by atoms with Gasteiger partial charge in [0.15, 0.2) is 0 Å². The van der Waals surface area contributed by atoms with Gasteiger partial charge in [-0.2, -0.15) is 0 Å². The van der Waals surface area contributed by atoms with Crippen molar-refractivity contribution in [1.82, 2.24) is 10.2 Å². The average Bonchev–Trinajstić information content (AvgIpc) is 2.45. The molecule has 82 valence electrons. The van der Waals surface area contributed by atoms with Crippen molar-refractivity contribution in [2.24, 2.45) is 0 Å². The Morgan fingerprint density at radius 1 is 1.71 bits per heavy atom. The van der Waals surface area contributed by atoms with E-state index >= 15 is 0 Å². The fourth-order valence-electron chi connectivity index (χ4n) is 1.84. The molecule has 0 radical (unpaired) electrons. The second-order valence-electron chi connectivity index (χ2n) is 3.75. The smallest absolute Gasteiger partial charge is 0.240 e. The van der Waals surface area contributed by atoms with Crippen LogP contribution in [-0.2, 0) is 15.6 Å². The van der Waals surface area contributed by atoms with Crippen LogP contribution in [0.2, 0.25) is 0 Å². The van der Waals surface area contributed by atoms with Crippen LogP contribution in [-0.4, -0.2) is 52.7 Å². The molecule has 5 heteroatoms. The second-order valence-corrected chi connectivity index (χ2v) is 5.23. The third kappa shape index (κ3) is 2.54. The van der Waals surface area contributed by atoms with Gasteiger partial charge in [-0.15, -0.1) is 0 Å². The van der Waals surface area contributed by atoms with E-state index in [1.54, 1.807) is 13.3 Å². The maximum Gasteiger partial charge on any atom is 0.240 e. The molecule has 1 aliphatic rings. The van der Waals surface area contributed by atoms with Crippen LogP contribution in [0.3, 0.4) is 0 Å². The first-order valence-corrected chi connectivity index (χ1v) is 6.56.